The van der Waals surface area contributed by atoms with Crippen LogP contribution in [0.3, 0.4) is 0 Å². The molecule has 1 aromatic carbocycles. The first kappa shape index (κ1) is 13.3. The van der Waals surface area contributed by atoms with Gasteiger partial charge in [-0.2, -0.15) is 4.31 Å². The molecule has 0 spiro atoms. The number of benzene rings is 1. The standard InChI is InChI=1S/C12H18N2O3S/c1-12(15)6-3-7-14(9-12)18(16,17)11-5-2-4-10(13)8-11/h2,4-5,8,15H,3,6-7,9,13H2,1H3. The van der Waals surface area contributed by atoms with Crippen molar-refractivity contribution in [3.05, 3.63) is 24.3 Å². The van der Waals surface area contributed by atoms with Crippen molar-refractivity contribution in [2.24, 2.45) is 0 Å². The maximum atomic E-state index is 12.4. The van der Waals surface area contributed by atoms with Gasteiger partial charge in [-0.25, -0.2) is 8.42 Å². The number of rotatable bonds is 2. The molecule has 1 aliphatic heterocycles. The summed E-state index contributed by atoms with van der Waals surface area (Å²) in [6.45, 7) is 2.23. The predicted octanol–water partition coefficient (Wildman–Crippen LogP) is 0.804. The van der Waals surface area contributed by atoms with Crippen LogP contribution in [0.2, 0.25) is 0 Å². The molecule has 0 aliphatic carbocycles. The molecule has 1 heterocycles. The predicted molar refractivity (Wildman–Crippen MR) is 69.5 cm³/mol. The fourth-order valence-corrected chi connectivity index (χ4v) is 3.85. The van der Waals surface area contributed by atoms with Gasteiger partial charge in [0.2, 0.25) is 10.0 Å². The summed E-state index contributed by atoms with van der Waals surface area (Å²) in [5, 5.41) is 9.98. The maximum absolute atomic E-state index is 12.4. The Bertz CT molecular complexity index is 540. The molecule has 5 nitrogen and oxygen atoms in total. The second-order valence-corrected chi connectivity index (χ2v) is 6.95. The van der Waals surface area contributed by atoms with E-state index in [1.54, 1.807) is 19.1 Å². The summed E-state index contributed by atoms with van der Waals surface area (Å²) in [7, 11) is -3.56. The van der Waals surface area contributed by atoms with Crippen LogP contribution < -0.4 is 5.73 Å². The second-order valence-electron chi connectivity index (χ2n) is 5.01. The number of anilines is 1. The van der Waals surface area contributed by atoms with Crippen molar-refractivity contribution in [1.82, 2.24) is 4.31 Å². The molecule has 0 amide bonds. The van der Waals surface area contributed by atoms with Crippen LogP contribution in [-0.4, -0.2) is 36.5 Å². The highest BCUT2D eigenvalue weighted by molar-refractivity contribution is 7.89. The molecule has 1 aliphatic rings. The summed E-state index contributed by atoms with van der Waals surface area (Å²) in [5.74, 6) is 0. The minimum atomic E-state index is -3.56. The van der Waals surface area contributed by atoms with Crippen LogP contribution in [0.1, 0.15) is 19.8 Å². The first-order valence-corrected chi connectivity index (χ1v) is 7.33. The van der Waals surface area contributed by atoms with Crippen molar-refractivity contribution >= 4 is 15.7 Å². The number of β-amino-alcohol motifs (C(OH)–C–C–N with tert-alkyl or cyclic N) is 1. The molecule has 2 rings (SSSR count). The largest absolute Gasteiger partial charge is 0.399 e. The lowest BCUT2D eigenvalue weighted by Crippen LogP contribution is -2.48. The third-order valence-electron chi connectivity index (χ3n) is 3.14. The molecule has 1 saturated heterocycles. The van der Waals surface area contributed by atoms with Crippen molar-refractivity contribution in [3.63, 3.8) is 0 Å². The Balaban J connectivity index is 2.31. The van der Waals surface area contributed by atoms with Gasteiger partial charge in [-0.3, -0.25) is 0 Å². The lowest BCUT2D eigenvalue weighted by molar-refractivity contribution is 0.00940. The zero-order valence-electron chi connectivity index (χ0n) is 10.3. The third-order valence-corrected chi connectivity index (χ3v) is 4.98. The number of piperidine rings is 1. The minimum Gasteiger partial charge on any atom is -0.399 e. The first-order chi connectivity index (χ1) is 8.31. The number of sulfonamides is 1. The molecule has 0 radical (unpaired) electrons. The summed E-state index contributed by atoms with van der Waals surface area (Å²) < 4.78 is 26.1. The molecule has 6 heteroatoms. The number of nitrogens with two attached hydrogens (primary N) is 1. The molecule has 1 atom stereocenters. The van der Waals surface area contributed by atoms with E-state index < -0.39 is 15.6 Å². The van der Waals surface area contributed by atoms with Crippen LogP contribution in [-0.2, 0) is 10.0 Å². The highest BCUT2D eigenvalue weighted by Crippen LogP contribution is 2.26. The monoisotopic (exact) mass is 270 g/mol. The van der Waals surface area contributed by atoms with Gasteiger partial charge in [-0.15, -0.1) is 0 Å². The van der Waals surface area contributed by atoms with E-state index in [1.807, 2.05) is 0 Å². The smallest absolute Gasteiger partial charge is 0.243 e. The molecule has 1 fully saturated rings. The van der Waals surface area contributed by atoms with E-state index in [0.29, 0.717) is 25.1 Å². The molecule has 0 bridgehead atoms. The van der Waals surface area contributed by atoms with Gasteiger partial charge in [0.05, 0.1) is 10.5 Å². The molecule has 100 valence electrons. The summed E-state index contributed by atoms with van der Waals surface area (Å²) >= 11 is 0. The van der Waals surface area contributed by atoms with Crippen molar-refractivity contribution in [1.29, 1.82) is 0 Å². The summed E-state index contributed by atoms with van der Waals surface area (Å²) in [5.41, 5.74) is 5.07. The van der Waals surface area contributed by atoms with Gasteiger partial charge >= 0.3 is 0 Å². The second kappa shape index (κ2) is 4.53. The van der Waals surface area contributed by atoms with Gasteiger partial charge in [-0.1, -0.05) is 6.07 Å². The molecule has 3 N–H and O–H groups in total. The van der Waals surface area contributed by atoms with Gasteiger partial charge in [0.25, 0.3) is 0 Å². The molecule has 0 aromatic heterocycles. The van der Waals surface area contributed by atoms with Crippen molar-refractivity contribution < 1.29 is 13.5 Å². The van der Waals surface area contributed by atoms with Crippen LogP contribution >= 0.6 is 0 Å². The van der Waals surface area contributed by atoms with Crippen molar-refractivity contribution in [2.45, 2.75) is 30.3 Å². The Kier molecular flexibility index (Phi) is 3.35. The lowest BCUT2D eigenvalue weighted by Gasteiger charge is -2.35. The molecular weight excluding hydrogens is 252 g/mol. The van der Waals surface area contributed by atoms with E-state index in [9.17, 15) is 13.5 Å². The Hall–Kier alpha value is -1.11. The van der Waals surface area contributed by atoms with Crippen molar-refractivity contribution in [3.8, 4) is 0 Å². The average molecular weight is 270 g/mol. The van der Waals surface area contributed by atoms with Gasteiger partial charge in [0.1, 0.15) is 0 Å². The van der Waals surface area contributed by atoms with Crippen LogP contribution in [0.5, 0.6) is 0 Å². The van der Waals surface area contributed by atoms with E-state index in [-0.39, 0.29) is 11.4 Å². The SMILES string of the molecule is CC1(O)CCCN(S(=O)(=O)c2cccc(N)c2)C1. The normalized spacial score (nSPS) is 26.1. The first-order valence-electron chi connectivity index (χ1n) is 5.89. The van der Waals surface area contributed by atoms with Crippen molar-refractivity contribution in [2.75, 3.05) is 18.8 Å². The topological polar surface area (TPSA) is 83.6 Å². The quantitative estimate of drug-likeness (QED) is 0.779. The maximum Gasteiger partial charge on any atom is 0.243 e. The molecule has 0 saturated carbocycles. The summed E-state index contributed by atoms with van der Waals surface area (Å²) in [6.07, 6.45) is 1.28. The van der Waals surface area contributed by atoms with E-state index in [2.05, 4.69) is 0 Å². The molecule has 1 unspecified atom stereocenters. The van der Waals surface area contributed by atoms with E-state index in [0.717, 1.165) is 0 Å². The number of nitrogens with zero attached hydrogens (tertiary/aromatic N) is 1. The van der Waals surface area contributed by atoms with Crippen LogP contribution in [0, 0.1) is 0 Å². The fraction of sp³-hybridized carbons (Fsp3) is 0.500. The van der Waals surface area contributed by atoms with Gasteiger partial charge in [-0.05, 0) is 38.0 Å². The zero-order valence-corrected chi connectivity index (χ0v) is 11.2. The van der Waals surface area contributed by atoms with Gasteiger partial charge in [0, 0.05) is 18.8 Å². The molecular formula is C12H18N2O3S. The van der Waals surface area contributed by atoms with Crippen LogP contribution in [0.15, 0.2) is 29.2 Å². The third kappa shape index (κ3) is 2.66. The Morgan fingerprint density at radius 3 is 2.78 bits per heavy atom. The Labute approximate surface area is 107 Å². The average Bonchev–Trinajstić information content (AvgIpc) is 2.27. The molecule has 18 heavy (non-hydrogen) atoms. The molecule has 1 aromatic rings. The number of nitrogen functional groups attached to an aromatic ring is 1. The zero-order chi connectivity index (χ0) is 13.4. The minimum absolute atomic E-state index is 0.129. The Morgan fingerprint density at radius 1 is 1.44 bits per heavy atom. The highest BCUT2D eigenvalue weighted by atomic mass is 32.2. The number of aliphatic hydroxyl groups is 1. The van der Waals surface area contributed by atoms with Gasteiger partial charge in [0.15, 0.2) is 0 Å². The Morgan fingerprint density at radius 2 is 2.17 bits per heavy atom. The van der Waals surface area contributed by atoms with E-state index in [4.69, 9.17) is 5.73 Å². The number of hydrogen-bond acceptors (Lipinski definition) is 4. The summed E-state index contributed by atoms with van der Waals surface area (Å²) in [4.78, 5) is 0.181. The van der Waals surface area contributed by atoms with Crippen LogP contribution in [0.25, 0.3) is 0 Å². The lowest BCUT2D eigenvalue weighted by atomic mass is 9.97. The highest BCUT2D eigenvalue weighted by Gasteiger charge is 2.35. The summed E-state index contributed by atoms with van der Waals surface area (Å²) in [6, 6.07) is 6.23. The number of hydrogen-bond donors (Lipinski definition) is 2. The fourth-order valence-electron chi connectivity index (χ4n) is 2.20. The van der Waals surface area contributed by atoms with Crippen LogP contribution in [0.4, 0.5) is 5.69 Å². The van der Waals surface area contributed by atoms with Gasteiger partial charge < -0.3 is 10.8 Å². The van der Waals surface area contributed by atoms with E-state index in [1.165, 1.54) is 16.4 Å². The van der Waals surface area contributed by atoms with E-state index >= 15 is 0 Å².